The van der Waals surface area contributed by atoms with Gasteiger partial charge in [0.05, 0.1) is 27.3 Å². The number of carbonyl (C=O) groups excluding carboxylic acids is 1. The van der Waals surface area contributed by atoms with Crippen molar-refractivity contribution in [3.63, 3.8) is 0 Å². The summed E-state index contributed by atoms with van der Waals surface area (Å²) in [7, 11) is -2.10. The molecule has 2 unspecified atom stereocenters. The second kappa shape index (κ2) is 12.8. The summed E-state index contributed by atoms with van der Waals surface area (Å²) in [5.74, 6) is 0.268. The van der Waals surface area contributed by atoms with Crippen molar-refractivity contribution in [3.05, 3.63) is 95.1 Å². The van der Waals surface area contributed by atoms with E-state index in [0.29, 0.717) is 17.1 Å². The number of Topliss-reactive ketones (excluding diaryl/α,β-unsaturated/α-hetero) is 1. The van der Waals surface area contributed by atoms with Gasteiger partial charge in [-0.3, -0.25) is 9.35 Å². The molecule has 1 aliphatic carbocycles. The predicted molar refractivity (Wildman–Crippen MR) is 144 cm³/mol. The van der Waals surface area contributed by atoms with E-state index in [1.165, 1.54) is 25.3 Å². The van der Waals surface area contributed by atoms with Gasteiger partial charge in [-0.2, -0.15) is 23.7 Å². The van der Waals surface area contributed by atoms with Crippen LogP contribution in [-0.2, 0) is 32.9 Å². The Morgan fingerprint density at radius 2 is 1.49 bits per heavy atom. The zero-order valence-electron chi connectivity index (χ0n) is 21.6. The number of nitrogens with one attached hydrogen (secondary N) is 1. The monoisotopic (exact) mass is 561 g/mol. The average Bonchev–Trinajstić information content (AvgIpc) is 2.92. The number of fused-ring (bicyclic) bond motifs is 1. The molecule has 0 aliphatic heterocycles. The Labute approximate surface area is 248 Å². The van der Waals surface area contributed by atoms with Crippen LogP contribution in [0.1, 0.15) is 22.3 Å². The van der Waals surface area contributed by atoms with Crippen LogP contribution < -0.4 is 14.9 Å². The average molecular weight is 562 g/mol. The number of carbonyl (C=O) groups is 1. The van der Waals surface area contributed by atoms with Crippen LogP contribution in [0.3, 0.4) is 0 Å². The van der Waals surface area contributed by atoms with Gasteiger partial charge in [0.25, 0.3) is 4.87 Å². The van der Waals surface area contributed by atoms with Crippen LogP contribution in [-0.4, -0.2) is 79.5 Å². The number of methoxy groups -OCH3 is 2. The molecule has 0 saturated heterocycles. The van der Waals surface area contributed by atoms with Crippen molar-refractivity contribution in [1.82, 2.24) is 5.43 Å². The molecule has 3 N–H and O–H groups in total. The molecule has 13 heteroatoms. The molecular weight excluding hydrogens is 535 g/mol. The summed E-state index contributed by atoms with van der Waals surface area (Å²) in [4.78, 5) is 10.5. The van der Waals surface area contributed by atoms with Crippen LogP contribution in [0.15, 0.2) is 88.1 Å². The van der Waals surface area contributed by atoms with E-state index >= 15 is 0 Å². The second-order valence-electron chi connectivity index (χ2n) is 8.37. The number of rotatable bonds is 9. The number of hydrogen-bond acceptors (Lipinski definition) is 10. The Morgan fingerprint density at radius 1 is 0.923 bits per heavy atom. The molecule has 0 fully saturated rings. The molecule has 199 valence electrons. The number of nitrogens with zero attached hydrogens (tertiary/aromatic N) is 3. The molecule has 3 aromatic rings. The number of ether oxygens (including phenoxy) is 2. The molecule has 39 heavy (non-hydrogen) atoms. The minimum absolute atomic E-state index is 0. The summed E-state index contributed by atoms with van der Waals surface area (Å²) in [6.07, 6.45) is -2.30. The van der Waals surface area contributed by atoms with Crippen LogP contribution in [0.5, 0.6) is 11.5 Å². The van der Waals surface area contributed by atoms with Gasteiger partial charge in [0.1, 0.15) is 17.2 Å². The number of hydrazone groups is 1. The largest absolute Gasteiger partial charge is 0.497 e. The molecule has 4 rings (SSSR count). The molecule has 3 aromatic carbocycles. The zero-order valence-corrected chi connectivity index (χ0v) is 24.4. The fourth-order valence-electron chi connectivity index (χ4n) is 4.05. The summed E-state index contributed by atoms with van der Waals surface area (Å²) < 4.78 is 45.9. The van der Waals surface area contributed by atoms with E-state index in [0.717, 1.165) is 5.56 Å². The van der Waals surface area contributed by atoms with E-state index in [2.05, 4.69) is 20.8 Å². The molecule has 1 radical (unpaired) electrons. The fourth-order valence-corrected chi connectivity index (χ4v) is 5.06. The van der Waals surface area contributed by atoms with E-state index < -0.39 is 26.9 Å². The Bertz CT molecular complexity index is 1480. The SMILES string of the molecule is COc1ccc(CN=NC2(S(=O)(=O)O)c3ccccc3C(=NNCc3ccc(OC)cc3)C(=O)C2O)cc1.[Na]. The van der Waals surface area contributed by atoms with Crippen molar-refractivity contribution >= 4 is 51.2 Å². The van der Waals surface area contributed by atoms with E-state index in [-0.39, 0.29) is 59.5 Å². The van der Waals surface area contributed by atoms with Crippen molar-refractivity contribution in [2.75, 3.05) is 14.2 Å². The molecule has 0 spiro atoms. The first-order valence-corrected chi connectivity index (χ1v) is 12.9. The van der Waals surface area contributed by atoms with Gasteiger partial charge < -0.3 is 20.0 Å². The molecule has 1 aliphatic rings. The number of ketones is 1. The van der Waals surface area contributed by atoms with Gasteiger partial charge in [-0.15, -0.1) is 0 Å². The first kappa shape index (κ1) is 30.4. The van der Waals surface area contributed by atoms with Crippen molar-refractivity contribution in [2.45, 2.75) is 24.1 Å². The number of aliphatic hydroxyl groups excluding tert-OH is 1. The quantitative estimate of drug-likeness (QED) is 0.156. The smallest absolute Gasteiger partial charge is 0.300 e. The van der Waals surface area contributed by atoms with Gasteiger partial charge in [-0.05, 0) is 35.4 Å². The maximum atomic E-state index is 13.3. The third-order valence-electron chi connectivity index (χ3n) is 6.08. The van der Waals surface area contributed by atoms with E-state index in [1.54, 1.807) is 49.6 Å². The van der Waals surface area contributed by atoms with Gasteiger partial charge in [0.2, 0.25) is 5.78 Å². The van der Waals surface area contributed by atoms with Crippen LogP contribution in [0.2, 0.25) is 0 Å². The second-order valence-corrected chi connectivity index (χ2v) is 9.95. The molecule has 11 nitrogen and oxygen atoms in total. The number of aliphatic hydroxyl groups is 1. The van der Waals surface area contributed by atoms with E-state index in [9.17, 15) is 22.9 Å². The number of azo groups is 1. The van der Waals surface area contributed by atoms with E-state index in [1.807, 2.05) is 12.1 Å². The molecular formula is C26H26N4NaO7S. The first-order valence-electron chi connectivity index (χ1n) is 11.5. The Balaban J connectivity index is 0.00000420. The minimum Gasteiger partial charge on any atom is -0.497 e. The van der Waals surface area contributed by atoms with E-state index in [4.69, 9.17) is 9.47 Å². The van der Waals surface area contributed by atoms with Gasteiger partial charge in [-0.25, -0.2) is 0 Å². The normalized spacial score (nSPS) is 19.8. The predicted octanol–water partition coefficient (Wildman–Crippen LogP) is 2.45. The molecule has 0 saturated carbocycles. The molecule has 0 aromatic heterocycles. The topological polar surface area (TPSA) is 159 Å². The number of hydrogen-bond donors (Lipinski definition) is 3. The Morgan fingerprint density at radius 3 is 2.05 bits per heavy atom. The van der Waals surface area contributed by atoms with Gasteiger partial charge in [0, 0.05) is 40.7 Å². The minimum atomic E-state index is -5.18. The third-order valence-corrected chi connectivity index (χ3v) is 7.39. The fraction of sp³-hybridized carbons (Fsp3) is 0.231. The third kappa shape index (κ3) is 6.21. The van der Waals surface area contributed by atoms with Crippen molar-refractivity contribution in [3.8, 4) is 11.5 Å². The summed E-state index contributed by atoms with van der Waals surface area (Å²) in [5, 5.41) is 23.0. The summed E-state index contributed by atoms with van der Waals surface area (Å²) in [6.45, 7) is 0.165. The van der Waals surface area contributed by atoms with Crippen LogP contribution in [0.25, 0.3) is 0 Å². The van der Waals surface area contributed by atoms with Crippen molar-refractivity contribution in [1.29, 1.82) is 0 Å². The van der Waals surface area contributed by atoms with Gasteiger partial charge in [0.15, 0.2) is 6.10 Å². The van der Waals surface area contributed by atoms with Crippen LogP contribution >= 0.6 is 0 Å². The maximum absolute atomic E-state index is 13.3. The van der Waals surface area contributed by atoms with Gasteiger partial charge in [-0.1, -0.05) is 48.5 Å². The van der Waals surface area contributed by atoms with Crippen LogP contribution in [0, 0.1) is 0 Å². The van der Waals surface area contributed by atoms with Crippen molar-refractivity contribution in [2.24, 2.45) is 15.3 Å². The van der Waals surface area contributed by atoms with Gasteiger partial charge >= 0.3 is 10.1 Å². The summed E-state index contributed by atoms with van der Waals surface area (Å²) in [6, 6.07) is 19.8. The summed E-state index contributed by atoms with van der Waals surface area (Å²) in [5.41, 5.74) is 4.04. The Hall–Kier alpha value is -3.13. The molecule has 2 atom stereocenters. The zero-order chi connectivity index (χ0) is 27.3. The van der Waals surface area contributed by atoms with Crippen molar-refractivity contribution < 1.29 is 32.3 Å². The molecule has 0 bridgehead atoms. The standard InChI is InChI=1S/C26H26N4O7S.Na/c1-36-19-11-7-17(8-12-19)15-27-29-23-21-5-3-4-6-22(21)26(38(33,34)35,25(32)24(23)31)30-28-16-18-9-13-20(37-2)14-10-18;/h3-14,25,27,32H,15-16H2,1-2H3,(H,33,34,35);. The number of benzene rings is 3. The maximum Gasteiger partial charge on any atom is 0.300 e. The molecule has 0 amide bonds. The summed E-state index contributed by atoms with van der Waals surface area (Å²) >= 11 is 0. The first-order chi connectivity index (χ1) is 18.2. The van der Waals surface area contributed by atoms with Crippen LogP contribution in [0.4, 0.5) is 0 Å². The molecule has 0 heterocycles. The Kier molecular flexibility index (Phi) is 9.99.